The first-order chi connectivity index (χ1) is 12.7. The third-order valence-electron chi connectivity index (χ3n) is 3.44. The number of benzene rings is 2. The molecule has 26 heavy (non-hydrogen) atoms. The molecule has 0 aliphatic heterocycles. The number of aliphatic hydroxyl groups is 1. The van der Waals surface area contributed by atoms with E-state index in [0.29, 0.717) is 18.2 Å². The zero-order valence-electron chi connectivity index (χ0n) is 14.3. The maximum Gasteiger partial charge on any atom is 0.303 e. The normalized spacial score (nSPS) is 10.1. The second-order valence-electron chi connectivity index (χ2n) is 5.42. The van der Waals surface area contributed by atoms with E-state index in [1.165, 1.54) is 0 Å². The number of aliphatic hydroxyl groups excluding tert-OH is 1. The predicted molar refractivity (Wildman–Crippen MR) is 99.5 cm³/mol. The van der Waals surface area contributed by atoms with Gasteiger partial charge < -0.3 is 20.4 Å². The zero-order valence-corrected chi connectivity index (χ0v) is 14.3. The lowest BCUT2D eigenvalue weighted by Gasteiger charge is -2.00. The van der Waals surface area contributed by atoms with Gasteiger partial charge in [0.1, 0.15) is 5.69 Å². The quantitative estimate of drug-likeness (QED) is 0.628. The minimum absolute atomic E-state index is 0.00295. The van der Waals surface area contributed by atoms with E-state index in [0.717, 1.165) is 16.8 Å². The lowest BCUT2D eigenvalue weighted by Crippen LogP contribution is -2.02. The molecule has 0 aliphatic rings. The Morgan fingerprint density at radius 1 is 1.00 bits per heavy atom. The van der Waals surface area contributed by atoms with Crippen molar-refractivity contribution < 1.29 is 19.4 Å². The number of nitrogens with zero attached hydrogens (tertiary/aromatic N) is 1. The Morgan fingerprint density at radius 3 is 2.04 bits per heavy atom. The van der Waals surface area contributed by atoms with E-state index in [4.69, 9.17) is 20.4 Å². The van der Waals surface area contributed by atoms with E-state index < -0.39 is 5.97 Å². The molecule has 3 rings (SSSR count). The molecule has 0 radical (unpaired) electrons. The molecule has 4 N–H and O–H groups in total. The maximum atomic E-state index is 10.7. The molecule has 0 amide bonds. The maximum absolute atomic E-state index is 10.7. The van der Waals surface area contributed by atoms with Gasteiger partial charge in [-0.3, -0.25) is 4.79 Å². The molecule has 3 aromatic rings. The number of hydrogen-bond acceptors (Lipinski definition) is 5. The first-order valence-electron chi connectivity index (χ1n) is 8.29. The van der Waals surface area contributed by atoms with E-state index in [1.54, 1.807) is 0 Å². The van der Waals surface area contributed by atoms with Crippen LogP contribution in [-0.2, 0) is 11.2 Å². The van der Waals surface area contributed by atoms with Crippen molar-refractivity contribution in [1.82, 2.24) is 4.98 Å². The Hall–Kier alpha value is -2.96. The average Bonchev–Trinajstić information content (AvgIpc) is 3.12. The summed E-state index contributed by atoms with van der Waals surface area (Å²) >= 11 is 0. The van der Waals surface area contributed by atoms with Crippen LogP contribution in [0.4, 0.5) is 0 Å². The highest BCUT2D eigenvalue weighted by molar-refractivity contribution is 5.76. The van der Waals surface area contributed by atoms with Crippen molar-refractivity contribution in [3.05, 3.63) is 66.6 Å². The van der Waals surface area contributed by atoms with Gasteiger partial charge in [-0.2, -0.15) is 0 Å². The first kappa shape index (κ1) is 19.4. The second kappa shape index (κ2) is 10.1. The van der Waals surface area contributed by atoms with Crippen LogP contribution in [-0.4, -0.2) is 34.3 Å². The molecule has 2 aromatic carbocycles. The number of aromatic nitrogens is 1. The molecule has 0 bridgehead atoms. The molecule has 1 aromatic heterocycles. The van der Waals surface area contributed by atoms with Crippen molar-refractivity contribution in [2.45, 2.75) is 12.8 Å². The van der Waals surface area contributed by atoms with Crippen LogP contribution in [0.15, 0.2) is 65.1 Å². The number of carboxylic acid groups (broad SMARTS) is 1. The second-order valence-corrected chi connectivity index (χ2v) is 5.42. The molecule has 6 nitrogen and oxygen atoms in total. The molecule has 0 unspecified atom stereocenters. The predicted octanol–water partition coefficient (Wildman–Crippen LogP) is 2.96. The van der Waals surface area contributed by atoms with Gasteiger partial charge in [0.2, 0.25) is 0 Å². The summed E-state index contributed by atoms with van der Waals surface area (Å²) in [5, 5.41) is 16.6. The Morgan fingerprint density at radius 2 is 1.54 bits per heavy atom. The number of aliphatic carboxylic acids is 1. The minimum Gasteiger partial charge on any atom is -0.481 e. The molecule has 0 saturated carbocycles. The summed E-state index contributed by atoms with van der Waals surface area (Å²) in [5.41, 5.74) is 7.40. The number of hydrogen-bond donors (Lipinski definition) is 3. The van der Waals surface area contributed by atoms with Crippen LogP contribution >= 0.6 is 0 Å². The van der Waals surface area contributed by atoms with E-state index in [9.17, 15) is 4.79 Å². The summed E-state index contributed by atoms with van der Waals surface area (Å²) < 4.78 is 5.83. The van der Waals surface area contributed by atoms with Gasteiger partial charge in [-0.05, 0) is 0 Å². The summed E-state index contributed by atoms with van der Waals surface area (Å²) in [7, 11) is 0. The summed E-state index contributed by atoms with van der Waals surface area (Å²) in [4.78, 5) is 15.2. The molecular formula is C20H22N2O4. The summed E-state index contributed by atoms with van der Waals surface area (Å²) in [5.74, 6) is 0.257. The highest BCUT2D eigenvalue weighted by Gasteiger charge is 2.17. The fraction of sp³-hybridized carbons (Fsp3) is 0.200. The summed E-state index contributed by atoms with van der Waals surface area (Å²) in [6, 6.07) is 19.5. The molecule has 1 heterocycles. The molecule has 6 heteroatoms. The largest absolute Gasteiger partial charge is 0.481 e. The standard InChI is InChI=1S/C18H15NO3.C2H7NO/c20-16(21)12-11-15-19-17(13-7-3-1-4-8-13)18(22-15)14-9-5-2-6-10-14;3-1-2-4/h1-10H,11-12H2,(H,20,21);4H,1-3H2. The molecule has 0 aliphatic carbocycles. The van der Waals surface area contributed by atoms with Crippen molar-refractivity contribution in [1.29, 1.82) is 0 Å². The average molecular weight is 354 g/mol. The third-order valence-corrected chi connectivity index (χ3v) is 3.44. The molecule has 0 fully saturated rings. The minimum atomic E-state index is -0.860. The monoisotopic (exact) mass is 354 g/mol. The van der Waals surface area contributed by atoms with Gasteiger partial charge >= 0.3 is 5.97 Å². The van der Waals surface area contributed by atoms with Crippen molar-refractivity contribution in [2.75, 3.05) is 13.2 Å². The Balaban J connectivity index is 0.000000552. The van der Waals surface area contributed by atoms with Gasteiger partial charge in [-0.15, -0.1) is 0 Å². The smallest absolute Gasteiger partial charge is 0.303 e. The van der Waals surface area contributed by atoms with Gasteiger partial charge in [0.25, 0.3) is 0 Å². The molecule has 0 saturated heterocycles. The molecular weight excluding hydrogens is 332 g/mol. The van der Waals surface area contributed by atoms with Crippen molar-refractivity contribution in [3.8, 4) is 22.6 Å². The number of nitrogens with two attached hydrogens (primary N) is 1. The van der Waals surface area contributed by atoms with E-state index in [2.05, 4.69) is 4.98 Å². The van der Waals surface area contributed by atoms with Crippen LogP contribution in [0.1, 0.15) is 12.3 Å². The third kappa shape index (κ3) is 5.54. The Labute approximate surface area is 151 Å². The number of rotatable bonds is 6. The molecule has 136 valence electrons. The van der Waals surface area contributed by atoms with Gasteiger partial charge in [-0.25, -0.2) is 4.98 Å². The molecule has 0 spiro atoms. The summed E-state index contributed by atoms with van der Waals surface area (Å²) in [6.07, 6.45) is 0.283. The van der Waals surface area contributed by atoms with Crippen LogP contribution in [0.25, 0.3) is 22.6 Å². The Kier molecular flexibility index (Phi) is 7.54. The number of carbonyl (C=O) groups is 1. The van der Waals surface area contributed by atoms with Crippen LogP contribution in [0, 0.1) is 0 Å². The van der Waals surface area contributed by atoms with E-state index >= 15 is 0 Å². The SMILES string of the molecule is NCCO.O=C(O)CCc1nc(-c2ccccc2)c(-c2ccccc2)o1. The van der Waals surface area contributed by atoms with Crippen molar-refractivity contribution in [2.24, 2.45) is 5.73 Å². The molecule has 0 atom stereocenters. The lowest BCUT2D eigenvalue weighted by molar-refractivity contribution is -0.137. The van der Waals surface area contributed by atoms with E-state index in [-0.39, 0.29) is 19.4 Å². The highest BCUT2D eigenvalue weighted by Crippen LogP contribution is 2.32. The fourth-order valence-corrected chi connectivity index (χ4v) is 2.26. The van der Waals surface area contributed by atoms with Crippen molar-refractivity contribution in [3.63, 3.8) is 0 Å². The van der Waals surface area contributed by atoms with Crippen LogP contribution in [0.3, 0.4) is 0 Å². The van der Waals surface area contributed by atoms with E-state index in [1.807, 2.05) is 60.7 Å². The topological polar surface area (TPSA) is 110 Å². The van der Waals surface area contributed by atoms with Gasteiger partial charge in [0.15, 0.2) is 11.7 Å². The van der Waals surface area contributed by atoms with Gasteiger partial charge in [0.05, 0.1) is 13.0 Å². The van der Waals surface area contributed by atoms with Gasteiger partial charge in [0, 0.05) is 24.1 Å². The number of carboxylic acids is 1. The van der Waals surface area contributed by atoms with Crippen LogP contribution < -0.4 is 5.73 Å². The lowest BCUT2D eigenvalue weighted by atomic mass is 10.1. The number of oxazole rings is 1. The van der Waals surface area contributed by atoms with Crippen LogP contribution in [0.2, 0.25) is 0 Å². The Bertz CT molecular complexity index is 742. The fourth-order valence-electron chi connectivity index (χ4n) is 2.26. The first-order valence-corrected chi connectivity index (χ1v) is 8.29. The summed E-state index contributed by atoms with van der Waals surface area (Å²) in [6.45, 7) is 0.472. The van der Waals surface area contributed by atoms with Crippen molar-refractivity contribution >= 4 is 5.97 Å². The highest BCUT2D eigenvalue weighted by atomic mass is 16.4. The zero-order chi connectivity index (χ0) is 18.8. The number of aryl methyl sites for hydroxylation is 1. The van der Waals surface area contributed by atoms with Gasteiger partial charge in [-0.1, -0.05) is 60.7 Å². The van der Waals surface area contributed by atoms with Crippen LogP contribution in [0.5, 0.6) is 0 Å².